The Labute approximate surface area is 311 Å². The minimum Gasteiger partial charge on any atom is -0.377 e. The van der Waals surface area contributed by atoms with Gasteiger partial charge in [-0.3, -0.25) is 0 Å². The van der Waals surface area contributed by atoms with Crippen molar-refractivity contribution in [2.24, 2.45) is 16.2 Å². The van der Waals surface area contributed by atoms with Crippen molar-refractivity contribution in [3.63, 3.8) is 0 Å². The molecule has 294 valence electrons. The fourth-order valence-electron chi connectivity index (χ4n) is 5.91. The predicted octanol–water partition coefficient (Wildman–Crippen LogP) is 7.73. The molecular weight excluding hydrogens is 648 g/mol. The van der Waals surface area contributed by atoms with E-state index < -0.39 is 0 Å². The largest absolute Gasteiger partial charge is 0.377 e. The van der Waals surface area contributed by atoms with E-state index in [2.05, 4.69) is 60.2 Å². The molecule has 0 atom stereocenters. The smallest absolute Gasteiger partial charge is 0.0645 e. The molecule has 1 fully saturated rings. The molecule has 0 aromatic carbocycles. The van der Waals surface area contributed by atoms with Gasteiger partial charge in [0.15, 0.2) is 0 Å². The molecule has 1 aliphatic rings. The minimum atomic E-state index is -0.319. The molecule has 0 heterocycles. The molecule has 0 aliphatic heterocycles. The van der Waals surface area contributed by atoms with E-state index in [1.54, 1.807) is 36.5 Å². The van der Waals surface area contributed by atoms with Crippen LogP contribution in [0.15, 0.2) is 75.9 Å². The molecule has 1 aliphatic carbocycles. The summed E-state index contributed by atoms with van der Waals surface area (Å²) >= 11 is 0. The van der Waals surface area contributed by atoms with Crippen LogP contribution in [0.4, 0.5) is 0 Å². The second-order valence-corrected chi connectivity index (χ2v) is 13.9. The van der Waals surface area contributed by atoms with Gasteiger partial charge in [0, 0.05) is 16.2 Å². The summed E-state index contributed by atoms with van der Waals surface area (Å²) in [6.45, 7) is 36.5. The van der Waals surface area contributed by atoms with E-state index in [1.807, 2.05) is 0 Å². The van der Waals surface area contributed by atoms with Gasteiger partial charge in [0.25, 0.3) is 0 Å². The summed E-state index contributed by atoms with van der Waals surface area (Å²) < 4.78 is 56.1. The first-order valence-electron chi connectivity index (χ1n) is 18.7. The lowest BCUT2D eigenvalue weighted by Crippen LogP contribution is -2.45. The minimum absolute atomic E-state index is 0.0893. The molecule has 0 aromatic rings. The van der Waals surface area contributed by atoms with Gasteiger partial charge in [0.1, 0.15) is 0 Å². The SMILES string of the molecule is C=CCOCC(CC)(COCC=C)COC1CC(OCC(CC)(COCC=C)COCC=C)CC(OCC(CC)(COCC=C)COCC=C)C1. The van der Waals surface area contributed by atoms with Crippen LogP contribution in [0.1, 0.15) is 59.3 Å². The van der Waals surface area contributed by atoms with Crippen LogP contribution in [0.5, 0.6) is 0 Å². The molecule has 0 spiro atoms. The maximum absolute atomic E-state index is 6.78. The molecule has 9 nitrogen and oxygen atoms in total. The Morgan fingerprint density at radius 1 is 0.373 bits per heavy atom. The third-order valence-corrected chi connectivity index (χ3v) is 9.57. The zero-order valence-corrected chi connectivity index (χ0v) is 32.5. The van der Waals surface area contributed by atoms with Crippen LogP contribution in [0.3, 0.4) is 0 Å². The van der Waals surface area contributed by atoms with E-state index in [0.29, 0.717) is 99.1 Å². The lowest BCUT2D eigenvalue weighted by molar-refractivity contribution is -0.156. The van der Waals surface area contributed by atoms with E-state index in [4.69, 9.17) is 42.6 Å². The van der Waals surface area contributed by atoms with Gasteiger partial charge in [0.05, 0.1) is 117 Å². The van der Waals surface area contributed by atoms with Crippen molar-refractivity contribution in [2.75, 3.05) is 99.1 Å². The molecule has 0 saturated heterocycles. The highest BCUT2D eigenvalue weighted by Crippen LogP contribution is 2.34. The summed E-state index contributed by atoms with van der Waals surface area (Å²) in [7, 11) is 0. The lowest BCUT2D eigenvalue weighted by Gasteiger charge is -2.41. The fourth-order valence-corrected chi connectivity index (χ4v) is 5.91. The first-order valence-corrected chi connectivity index (χ1v) is 18.7. The van der Waals surface area contributed by atoms with Crippen molar-refractivity contribution in [1.29, 1.82) is 0 Å². The van der Waals surface area contributed by atoms with Crippen molar-refractivity contribution < 1.29 is 42.6 Å². The van der Waals surface area contributed by atoms with Crippen molar-refractivity contribution >= 4 is 0 Å². The molecular formula is C42H72O9. The standard InChI is InChI=1S/C42H72O9/c1-10-19-43-28-40(16-7,29-44-20-11-2)34-49-37-25-38(50-35-41(17-8,30-45-21-12-3)31-46-22-13-4)27-39(26-37)51-36-42(18-9,32-47-23-14-5)33-48-24-15-6/h10-15,37-39H,1-6,16-36H2,7-9H3. The Balaban J connectivity index is 3.27. The average molecular weight is 721 g/mol. The van der Waals surface area contributed by atoms with Crippen LogP contribution in [0.2, 0.25) is 0 Å². The lowest BCUT2D eigenvalue weighted by atomic mass is 9.86. The van der Waals surface area contributed by atoms with Crippen LogP contribution >= 0.6 is 0 Å². The van der Waals surface area contributed by atoms with E-state index in [9.17, 15) is 0 Å². The molecule has 0 unspecified atom stereocenters. The summed E-state index contributed by atoms with van der Waals surface area (Å²) in [4.78, 5) is 0. The zero-order chi connectivity index (χ0) is 37.7. The van der Waals surface area contributed by atoms with Gasteiger partial charge in [-0.05, 0) is 38.5 Å². The highest BCUT2D eigenvalue weighted by atomic mass is 16.5. The van der Waals surface area contributed by atoms with Gasteiger partial charge in [-0.2, -0.15) is 0 Å². The van der Waals surface area contributed by atoms with Crippen molar-refractivity contribution in [2.45, 2.75) is 77.6 Å². The molecule has 0 N–H and O–H groups in total. The quantitative estimate of drug-likeness (QED) is 0.0477. The Morgan fingerprint density at radius 3 is 0.725 bits per heavy atom. The maximum Gasteiger partial charge on any atom is 0.0645 e. The topological polar surface area (TPSA) is 83.1 Å². The number of ether oxygens (including phenoxy) is 9. The molecule has 0 radical (unpaired) electrons. The van der Waals surface area contributed by atoms with Crippen LogP contribution in [0, 0.1) is 16.2 Å². The van der Waals surface area contributed by atoms with Crippen molar-refractivity contribution in [3.8, 4) is 0 Å². The van der Waals surface area contributed by atoms with Gasteiger partial charge >= 0.3 is 0 Å². The molecule has 9 heteroatoms. The summed E-state index contributed by atoms with van der Waals surface area (Å²) in [5.74, 6) is 0. The molecule has 1 rings (SSSR count). The third kappa shape index (κ3) is 19.1. The maximum atomic E-state index is 6.78. The second-order valence-electron chi connectivity index (χ2n) is 13.9. The second kappa shape index (κ2) is 28.6. The predicted molar refractivity (Wildman–Crippen MR) is 207 cm³/mol. The van der Waals surface area contributed by atoms with E-state index >= 15 is 0 Å². The van der Waals surface area contributed by atoms with Crippen LogP contribution in [-0.4, -0.2) is 117 Å². The van der Waals surface area contributed by atoms with Crippen LogP contribution in [0.25, 0.3) is 0 Å². The molecule has 0 bridgehead atoms. The Hall–Kier alpha value is -1.92. The first kappa shape index (κ1) is 47.1. The van der Waals surface area contributed by atoms with Gasteiger partial charge in [0.2, 0.25) is 0 Å². The monoisotopic (exact) mass is 721 g/mol. The molecule has 51 heavy (non-hydrogen) atoms. The summed E-state index contributed by atoms with van der Waals surface area (Å²) in [6.07, 6.45) is 15.0. The van der Waals surface area contributed by atoms with E-state index in [1.165, 1.54) is 0 Å². The van der Waals surface area contributed by atoms with Gasteiger partial charge in [-0.15, -0.1) is 39.5 Å². The Kier molecular flexibility index (Phi) is 26.4. The van der Waals surface area contributed by atoms with Crippen LogP contribution < -0.4 is 0 Å². The average Bonchev–Trinajstić information content (AvgIpc) is 3.15. The van der Waals surface area contributed by atoms with Crippen LogP contribution in [-0.2, 0) is 42.6 Å². The third-order valence-electron chi connectivity index (χ3n) is 9.57. The Bertz CT molecular complexity index is 784. The zero-order valence-electron chi connectivity index (χ0n) is 32.5. The first-order chi connectivity index (χ1) is 24.8. The van der Waals surface area contributed by atoms with Gasteiger partial charge in [-0.1, -0.05) is 57.2 Å². The highest BCUT2D eigenvalue weighted by Gasteiger charge is 2.39. The number of rotatable bonds is 36. The number of hydrogen-bond acceptors (Lipinski definition) is 9. The Morgan fingerprint density at radius 2 is 0.569 bits per heavy atom. The fraction of sp³-hybridized carbons (Fsp3) is 0.714. The van der Waals surface area contributed by atoms with E-state index in [-0.39, 0.29) is 34.6 Å². The highest BCUT2D eigenvalue weighted by molar-refractivity contribution is 4.88. The molecule has 1 saturated carbocycles. The van der Waals surface area contributed by atoms with Gasteiger partial charge in [-0.25, -0.2) is 0 Å². The summed E-state index contributed by atoms with van der Waals surface area (Å²) in [5, 5.41) is 0. The number of hydrogen-bond donors (Lipinski definition) is 0. The van der Waals surface area contributed by atoms with Crippen molar-refractivity contribution in [1.82, 2.24) is 0 Å². The molecule has 0 aromatic heterocycles. The summed E-state index contributed by atoms with van der Waals surface area (Å²) in [6, 6.07) is 0. The summed E-state index contributed by atoms with van der Waals surface area (Å²) in [5.41, 5.74) is -0.956. The molecule has 0 amide bonds. The van der Waals surface area contributed by atoms with Crippen molar-refractivity contribution in [3.05, 3.63) is 75.9 Å². The van der Waals surface area contributed by atoms with E-state index in [0.717, 1.165) is 38.5 Å². The van der Waals surface area contributed by atoms with Gasteiger partial charge < -0.3 is 42.6 Å². The normalized spacial score (nSPS) is 18.3.